The summed E-state index contributed by atoms with van der Waals surface area (Å²) in [6.45, 7) is 0.768. The number of alkyl halides is 1. The van der Waals surface area contributed by atoms with E-state index in [2.05, 4.69) is 0 Å². The Morgan fingerprint density at radius 3 is 2.91 bits per heavy atom. The van der Waals surface area contributed by atoms with Gasteiger partial charge in [0.2, 0.25) is 6.41 Å². The van der Waals surface area contributed by atoms with Crippen LogP contribution in [-0.4, -0.2) is 43.8 Å². The largest absolute Gasteiger partial charge is 0.378 e. The summed E-state index contributed by atoms with van der Waals surface area (Å²) in [5, 5.41) is 0. The summed E-state index contributed by atoms with van der Waals surface area (Å²) in [4.78, 5) is 11.6. The van der Waals surface area contributed by atoms with Crippen molar-refractivity contribution in [3.63, 3.8) is 0 Å². The number of methoxy groups -OCH3 is 1. The van der Waals surface area contributed by atoms with Gasteiger partial charge < -0.3 is 9.64 Å². The van der Waals surface area contributed by atoms with Crippen molar-refractivity contribution in [1.29, 1.82) is 0 Å². The van der Waals surface area contributed by atoms with Crippen molar-refractivity contribution in [3.05, 3.63) is 0 Å². The molecule has 1 aliphatic heterocycles. The van der Waals surface area contributed by atoms with Crippen molar-refractivity contribution in [3.8, 4) is 0 Å². The van der Waals surface area contributed by atoms with Crippen LogP contribution in [0.25, 0.3) is 0 Å². The number of carbonyl (C=O) groups is 1. The van der Waals surface area contributed by atoms with Gasteiger partial charge in [0.1, 0.15) is 6.17 Å². The molecule has 1 aliphatic rings. The summed E-state index contributed by atoms with van der Waals surface area (Å²) >= 11 is 0. The van der Waals surface area contributed by atoms with Crippen LogP contribution in [0.15, 0.2) is 0 Å². The molecule has 0 aromatic carbocycles. The monoisotopic (exact) mass is 161 g/mol. The molecule has 64 valence electrons. The quantitative estimate of drug-likeness (QED) is 0.541. The van der Waals surface area contributed by atoms with Crippen molar-refractivity contribution in [2.75, 3.05) is 20.2 Å². The maximum Gasteiger partial charge on any atom is 0.209 e. The van der Waals surface area contributed by atoms with E-state index in [0.717, 1.165) is 0 Å². The summed E-state index contributed by atoms with van der Waals surface area (Å²) < 4.78 is 17.8. The van der Waals surface area contributed by atoms with Crippen molar-refractivity contribution >= 4 is 6.41 Å². The van der Waals surface area contributed by atoms with Crippen molar-refractivity contribution in [1.82, 2.24) is 4.90 Å². The highest BCUT2D eigenvalue weighted by Gasteiger charge is 2.27. The maximum atomic E-state index is 13.0. The van der Waals surface area contributed by atoms with Crippen molar-refractivity contribution in [2.45, 2.75) is 18.7 Å². The van der Waals surface area contributed by atoms with Gasteiger partial charge in [-0.15, -0.1) is 0 Å². The number of nitrogens with zero attached hydrogens (tertiary/aromatic N) is 1. The van der Waals surface area contributed by atoms with Gasteiger partial charge in [-0.1, -0.05) is 0 Å². The summed E-state index contributed by atoms with van der Waals surface area (Å²) in [6, 6.07) is 0. The molecule has 2 unspecified atom stereocenters. The zero-order valence-electron chi connectivity index (χ0n) is 6.50. The van der Waals surface area contributed by atoms with Crippen molar-refractivity contribution < 1.29 is 13.9 Å². The second-order valence-electron chi connectivity index (χ2n) is 2.68. The van der Waals surface area contributed by atoms with Crippen LogP contribution in [0.4, 0.5) is 4.39 Å². The molecule has 1 heterocycles. The summed E-state index contributed by atoms with van der Waals surface area (Å²) in [6.07, 6.45) is -0.0837. The van der Waals surface area contributed by atoms with E-state index in [1.165, 1.54) is 12.0 Å². The lowest BCUT2D eigenvalue weighted by molar-refractivity contribution is -0.122. The molecular formula is C7H12FNO2. The molecule has 0 aromatic heterocycles. The van der Waals surface area contributed by atoms with Crippen LogP contribution in [0, 0.1) is 0 Å². The number of rotatable bonds is 2. The van der Waals surface area contributed by atoms with Gasteiger partial charge in [-0.05, 0) is 6.42 Å². The number of hydrogen-bond acceptors (Lipinski definition) is 2. The molecule has 2 atom stereocenters. The van der Waals surface area contributed by atoms with Crippen LogP contribution in [-0.2, 0) is 9.53 Å². The first-order valence-corrected chi connectivity index (χ1v) is 3.64. The summed E-state index contributed by atoms with van der Waals surface area (Å²) in [5.74, 6) is 0. The first-order chi connectivity index (χ1) is 5.27. The zero-order chi connectivity index (χ0) is 8.27. The highest BCUT2D eigenvalue weighted by molar-refractivity contribution is 5.47. The van der Waals surface area contributed by atoms with Gasteiger partial charge in [-0.3, -0.25) is 4.79 Å². The van der Waals surface area contributed by atoms with E-state index in [0.29, 0.717) is 19.4 Å². The number of piperidine rings is 1. The topological polar surface area (TPSA) is 29.5 Å². The smallest absolute Gasteiger partial charge is 0.209 e. The number of ether oxygens (including phenoxy) is 1. The Morgan fingerprint density at radius 2 is 2.45 bits per heavy atom. The van der Waals surface area contributed by atoms with Crippen LogP contribution in [0.1, 0.15) is 6.42 Å². The highest BCUT2D eigenvalue weighted by Crippen LogP contribution is 2.14. The molecule has 11 heavy (non-hydrogen) atoms. The van der Waals surface area contributed by atoms with Gasteiger partial charge >= 0.3 is 0 Å². The summed E-state index contributed by atoms with van der Waals surface area (Å²) in [5.41, 5.74) is 0. The minimum atomic E-state index is -1.03. The Morgan fingerprint density at radius 1 is 1.73 bits per heavy atom. The normalized spacial score (nSPS) is 32.0. The fourth-order valence-electron chi connectivity index (χ4n) is 1.27. The SMILES string of the molecule is COC1CCN(C=O)CC1F. The van der Waals surface area contributed by atoms with Crippen LogP contribution in [0.3, 0.4) is 0 Å². The van der Waals surface area contributed by atoms with E-state index in [-0.39, 0.29) is 12.6 Å². The van der Waals surface area contributed by atoms with Gasteiger partial charge in [-0.2, -0.15) is 0 Å². The lowest BCUT2D eigenvalue weighted by Gasteiger charge is -2.31. The molecule has 0 aliphatic carbocycles. The van der Waals surface area contributed by atoms with Crippen LogP contribution in [0.2, 0.25) is 0 Å². The van der Waals surface area contributed by atoms with Crippen LogP contribution >= 0.6 is 0 Å². The third-order valence-corrected chi connectivity index (χ3v) is 1.96. The first-order valence-electron chi connectivity index (χ1n) is 3.64. The van der Waals surface area contributed by atoms with E-state index in [4.69, 9.17) is 4.74 Å². The van der Waals surface area contributed by atoms with Gasteiger partial charge in [0, 0.05) is 13.7 Å². The summed E-state index contributed by atoms with van der Waals surface area (Å²) in [7, 11) is 1.49. The van der Waals surface area contributed by atoms with Gasteiger partial charge in [-0.25, -0.2) is 4.39 Å². The molecule has 0 aromatic rings. The Hall–Kier alpha value is -0.640. The van der Waals surface area contributed by atoms with Gasteiger partial charge in [0.15, 0.2) is 0 Å². The second-order valence-corrected chi connectivity index (χ2v) is 2.68. The van der Waals surface area contributed by atoms with Crippen LogP contribution < -0.4 is 0 Å². The highest BCUT2D eigenvalue weighted by atomic mass is 19.1. The number of carbonyl (C=O) groups excluding carboxylic acids is 1. The minimum Gasteiger partial charge on any atom is -0.378 e. The van der Waals surface area contributed by atoms with Crippen LogP contribution in [0.5, 0.6) is 0 Å². The van der Waals surface area contributed by atoms with E-state index < -0.39 is 6.17 Å². The molecule has 1 amide bonds. The van der Waals surface area contributed by atoms with E-state index in [1.54, 1.807) is 0 Å². The molecule has 0 saturated carbocycles. The maximum absolute atomic E-state index is 13.0. The lowest BCUT2D eigenvalue weighted by Crippen LogP contribution is -2.44. The first kappa shape index (κ1) is 8.46. The Labute approximate surface area is 65.1 Å². The molecule has 0 spiro atoms. The molecule has 1 fully saturated rings. The van der Waals surface area contributed by atoms with E-state index in [9.17, 15) is 9.18 Å². The molecule has 1 rings (SSSR count). The second kappa shape index (κ2) is 3.67. The van der Waals surface area contributed by atoms with Gasteiger partial charge in [0.05, 0.1) is 12.6 Å². The lowest BCUT2D eigenvalue weighted by atomic mass is 10.1. The Balaban J connectivity index is 2.40. The van der Waals surface area contributed by atoms with E-state index in [1.807, 2.05) is 0 Å². The standard InChI is InChI=1S/C7H12FNO2/c1-11-7-2-3-9(5-10)4-6(7)8/h5-7H,2-4H2,1H3. The Bertz CT molecular complexity index is 142. The predicted molar refractivity (Wildman–Crippen MR) is 37.9 cm³/mol. The minimum absolute atomic E-state index is 0.169. The van der Waals surface area contributed by atoms with E-state index >= 15 is 0 Å². The third kappa shape index (κ3) is 1.89. The number of amides is 1. The molecule has 3 nitrogen and oxygen atoms in total. The Kier molecular flexibility index (Phi) is 2.82. The molecule has 1 saturated heterocycles. The number of likely N-dealkylation sites (tertiary alicyclic amines) is 1. The number of halogens is 1. The average Bonchev–Trinajstić information content (AvgIpc) is 2.04. The molecule has 4 heteroatoms. The fourth-order valence-corrected chi connectivity index (χ4v) is 1.27. The molecule has 0 radical (unpaired) electrons. The number of hydrogen-bond donors (Lipinski definition) is 0. The van der Waals surface area contributed by atoms with Gasteiger partial charge in [0.25, 0.3) is 0 Å². The molecule has 0 N–H and O–H groups in total. The zero-order valence-corrected chi connectivity index (χ0v) is 6.50. The third-order valence-electron chi connectivity index (χ3n) is 1.96. The van der Waals surface area contributed by atoms with Crippen molar-refractivity contribution in [2.24, 2.45) is 0 Å². The predicted octanol–water partition coefficient (Wildman–Crippen LogP) is 0.202. The average molecular weight is 161 g/mol. The molecule has 0 bridgehead atoms. The fraction of sp³-hybridized carbons (Fsp3) is 0.857. The molecular weight excluding hydrogens is 149 g/mol.